The van der Waals surface area contributed by atoms with E-state index in [0.717, 1.165) is 25.9 Å². The number of nitrogens with one attached hydrogen (secondary N) is 1. The summed E-state index contributed by atoms with van der Waals surface area (Å²) in [5.41, 5.74) is -0.834. The SMILES string of the molecule is CCC1CCN(C(=O)NCC(CC)(CC)C(=O)O)C1. The highest BCUT2D eigenvalue weighted by Gasteiger charge is 2.36. The molecule has 0 bridgehead atoms. The molecule has 1 rings (SSSR count). The van der Waals surface area contributed by atoms with Gasteiger partial charge in [-0.1, -0.05) is 27.2 Å². The molecule has 0 saturated carbocycles. The zero-order chi connectivity index (χ0) is 14.5. The Morgan fingerprint density at radius 2 is 1.95 bits per heavy atom. The molecule has 1 fully saturated rings. The largest absolute Gasteiger partial charge is 0.481 e. The number of hydrogen-bond acceptors (Lipinski definition) is 2. The fraction of sp³-hybridized carbons (Fsp3) is 0.857. The highest BCUT2D eigenvalue weighted by molar-refractivity contribution is 5.78. The van der Waals surface area contributed by atoms with Gasteiger partial charge >= 0.3 is 12.0 Å². The normalized spacial score (nSPS) is 19.5. The summed E-state index contributed by atoms with van der Waals surface area (Å²) in [7, 11) is 0. The van der Waals surface area contributed by atoms with Gasteiger partial charge in [0.1, 0.15) is 0 Å². The molecule has 19 heavy (non-hydrogen) atoms. The van der Waals surface area contributed by atoms with Gasteiger partial charge in [-0.15, -0.1) is 0 Å². The zero-order valence-electron chi connectivity index (χ0n) is 12.2. The number of rotatable bonds is 6. The van der Waals surface area contributed by atoms with Crippen molar-refractivity contribution >= 4 is 12.0 Å². The number of likely N-dealkylation sites (tertiary alicyclic amines) is 1. The standard InChI is InChI=1S/C14H26N2O3/c1-4-11-7-8-16(9-11)13(19)15-10-14(5-2,6-3)12(17)18/h11H,4-10H2,1-3H3,(H,15,19)(H,17,18). The third kappa shape index (κ3) is 3.61. The maximum absolute atomic E-state index is 12.0. The molecule has 1 aliphatic rings. The molecule has 0 aromatic carbocycles. The molecule has 0 radical (unpaired) electrons. The Morgan fingerprint density at radius 3 is 2.37 bits per heavy atom. The van der Waals surface area contributed by atoms with Crippen LogP contribution < -0.4 is 5.32 Å². The first-order valence-electron chi connectivity index (χ1n) is 7.25. The molecule has 5 heteroatoms. The fourth-order valence-corrected chi connectivity index (χ4v) is 2.59. The average molecular weight is 270 g/mol. The van der Waals surface area contributed by atoms with Gasteiger partial charge in [-0.3, -0.25) is 4.79 Å². The van der Waals surface area contributed by atoms with Crippen LogP contribution >= 0.6 is 0 Å². The van der Waals surface area contributed by atoms with Gasteiger partial charge in [-0.05, 0) is 25.2 Å². The first-order valence-corrected chi connectivity index (χ1v) is 7.25. The van der Waals surface area contributed by atoms with E-state index in [-0.39, 0.29) is 12.6 Å². The van der Waals surface area contributed by atoms with E-state index in [1.807, 2.05) is 13.8 Å². The van der Waals surface area contributed by atoms with Crippen LogP contribution in [0, 0.1) is 11.3 Å². The molecule has 1 heterocycles. The molecule has 1 atom stereocenters. The second kappa shape index (κ2) is 6.78. The van der Waals surface area contributed by atoms with Crippen LogP contribution in [0.15, 0.2) is 0 Å². The van der Waals surface area contributed by atoms with Gasteiger partial charge < -0.3 is 15.3 Å². The van der Waals surface area contributed by atoms with Crippen molar-refractivity contribution in [2.75, 3.05) is 19.6 Å². The van der Waals surface area contributed by atoms with Crippen LogP contribution in [0.5, 0.6) is 0 Å². The Labute approximate surface area is 115 Å². The molecule has 2 N–H and O–H groups in total. The first-order chi connectivity index (χ1) is 8.99. The van der Waals surface area contributed by atoms with E-state index >= 15 is 0 Å². The lowest BCUT2D eigenvalue weighted by atomic mass is 9.82. The molecule has 0 aromatic rings. The minimum atomic E-state index is -0.834. The van der Waals surface area contributed by atoms with E-state index in [2.05, 4.69) is 12.2 Å². The molecule has 1 unspecified atom stereocenters. The molecule has 2 amide bonds. The van der Waals surface area contributed by atoms with Crippen molar-refractivity contribution < 1.29 is 14.7 Å². The quantitative estimate of drug-likeness (QED) is 0.778. The minimum Gasteiger partial charge on any atom is -0.481 e. The van der Waals surface area contributed by atoms with Crippen molar-refractivity contribution in [1.29, 1.82) is 0 Å². The summed E-state index contributed by atoms with van der Waals surface area (Å²) in [6, 6.07) is -0.122. The van der Waals surface area contributed by atoms with E-state index in [9.17, 15) is 14.7 Å². The summed E-state index contributed by atoms with van der Waals surface area (Å²) in [6.07, 6.45) is 3.19. The van der Waals surface area contributed by atoms with E-state index < -0.39 is 11.4 Å². The lowest BCUT2D eigenvalue weighted by Gasteiger charge is -2.28. The molecular weight excluding hydrogens is 244 g/mol. The Balaban J connectivity index is 2.51. The monoisotopic (exact) mass is 270 g/mol. The Kier molecular flexibility index (Phi) is 5.63. The number of urea groups is 1. The summed E-state index contributed by atoms with van der Waals surface area (Å²) in [6.45, 7) is 7.62. The molecule has 1 saturated heterocycles. The van der Waals surface area contributed by atoms with E-state index in [1.165, 1.54) is 0 Å². The second-order valence-electron chi connectivity index (χ2n) is 5.46. The third-order valence-corrected chi connectivity index (χ3v) is 4.54. The lowest BCUT2D eigenvalue weighted by Crippen LogP contribution is -2.46. The minimum absolute atomic E-state index is 0.122. The van der Waals surface area contributed by atoms with Crippen molar-refractivity contribution in [1.82, 2.24) is 10.2 Å². The van der Waals surface area contributed by atoms with Crippen molar-refractivity contribution in [2.24, 2.45) is 11.3 Å². The number of carboxylic acid groups (broad SMARTS) is 1. The first kappa shape index (κ1) is 15.8. The Morgan fingerprint density at radius 1 is 1.32 bits per heavy atom. The number of carbonyl (C=O) groups is 2. The van der Waals surface area contributed by atoms with E-state index in [4.69, 9.17) is 0 Å². The summed E-state index contributed by atoms with van der Waals surface area (Å²) in [4.78, 5) is 25.2. The van der Waals surface area contributed by atoms with Crippen LogP contribution in [0.1, 0.15) is 46.5 Å². The average Bonchev–Trinajstić information content (AvgIpc) is 2.88. The summed E-state index contributed by atoms with van der Waals surface area (Å²) >= 11 is 0. The van der Waals surface area contributed by atoms with Crippen LogP contribution in [-0.2, 0) is 4.79 Å². The van der Waals surface area contributed by atoms with Crippen molar-refractivity contribution in [3.63, 3.8) is 0 Å². The molecule has 5 nitrogen and oxygen atoms in total. The molecule has 0 aromatic heterocycles. The number of nitrogens with zero attached hydrogens (tertiary/aromatic N) is 1. The number of hydrogen-bond donors (Lipinski definition) is 2. The van der Waals surface area contributed by atoms with Crippen molar-refractivity contribution in [3.8, 4) is 0 Å². The maximum atomic E-state index is 12.0. The number of carboxylic acids is 1. The molecule has 1 aliphatic heterocycles. The van der Waals surface area contributed by atoms with Gasteiger partial charge in [0.15, 0.2) is 0 Å². The Hall–Kier alpha value is -1.26. The topological polar surface area (TPSA) is 69.6 Å². The van der Waals surface area contributed by atoms with Crippen LogP contribution in [0.25, 0.3) is 0 Å². The van der Waals surface area contributed by atoms with Crippen molar-refractivity contribution in [3.05, 3.63) is 0 Å². The smallest absolute Gasteiger partial charge is 0.317 e. The molecule has 0 spiro atoms. The summed E-state index contributed by atoms with van der Waals surface area (Å²) in [5.74, 6) is -0.238. The number of carbonyl (C=O) groups excluding carboxylic acids is 1. The molecule has 110 valence electrons. The van der Waals surface area contributed by atoms with Crippen LogP contribution in [0.4, 0.5) is 4.79 Å². The summed E-state index contributed by atoms with van der Waals surface area (Å²) in [5, 5.41) is 12.1. The van der Waals surface area contributed by atoms with Crippen LogP contribution in [0.2, 0.25) is 0 Å². The van der Waals surface area contributed by atoms with Gasteiger partial charge in [-0.25, -0.2) is 4.79 Å². The van der Waals surface area contributed by atoms with Crippen LogP contribution in [-0.4, -0.2) is 41.6 Å². The van der Waals surface area contributed by atoms with Crippen LogP contribution in [0.3, 0.4) is 0 Å². The maximum Gasteiger partial charge on any atom is 0.317 e. The highest BCUT2D eigenvalue weighted by Crippen LogP contribution is 2.26. The predicted octanol–water partition coefficient (Wildman–Crippen LogP) is 2.32. The van der Waals surface area contributed by atoms with Gasteiger partial charge in [0.2, 0.25) is 0 Å². The van der Waals surface area contributed by atoms with E-state index in [0.29, 0.717) is 18.8 Å². The highest BCUT2D eigenvalue weighted by atomic mass is 16.4. The Bertz CT molecular complexity index is 327. The number of amides is 2. The third-order valence-electron chi connectivity index (χ3n) is 4.54. The predicted molar refractivity (Wildman–Crippen MR) is 74.0 cm³/mol. The van der Waals surface area contributed by atoms with Gasteiger partial charge in [0.25, 0.3) is 0 Å². The fourth-order valence-electron chi connectivity index (χ4n) is 2.59. The van der Waals surface area contributed by atoms with Gasteiger partial charge in [-0.2, -0.15) is 0 Å². The molecular formula is C14H26N2O3. The molecule has 0 aliphatic carbocycles. The van der Waals surface area contributed by atoms with Gasteiger partial charge in [0, 0.05) is 19.6 Å². The van der Waals surface area contributed by atoms with Crippen molar-refractivity contribution in [2.45, 2.75) is 46.5 Å². The van der Waals surface area contributed by atoms with Gasteiger partial charge in [0.05, 0.1) is 5.41 Å². The zero-order valence-corrected chi connectivity index (χ0v) is 12.2. The second-order valence-corrected chi connectivity index (χ2v) is 5.46. The summed E-state index contributed by atoms with van der Waals surface area (Å²) < 4.78 is 0. The van der Waals surface area contributed by atoms with E-state index in [1.54, 1.807) is 4.90 Å². The number of aliphatic carboxylic acids is 1. The lowest BCUT2D eigenvalue weighted by molar-refractivity contribution is -0.149.